The van der Waals surface area contributed by atoms with Crippen LogP contribution in [-0.2, 0) is 4.79 Å². The van der Waals surface area contributed by atoms with Crippen molar-refractivity contribution in [2.45, 2.75) is 52.4 Å². The Bertz CT molecular complexity index is 221. The predicted molar refractivity (Wildman–Crippen MR) is 53.5 cm³/mol. The van der Waals surface area contributed by atoms with Crippen LogP contribution < -0.4 is 0 Å². The zero-order chi connectivity index (χ0) is 9.47. The molecule has 2 aliphatic rings. The van der Waals surface area contributed by atoms with E-state index in [4.69, 9.17) is 0 Å². The summed E-state index contributed by atoms with van der Waals surface area (Å²) in [5.74, 6) is 2.05. The molecule has 0 heterocycles. The summed E-state index contributed by atoms with van der Waals surface area (Å²) < 4.78 is 0. The molecule has 3 atom stereocenters. The quantitative estimate of drug-likeness (QED) is 0.559. The van der Waals surface area contributed by atoms with E-state index in [-0.39, 0.29) is 0 Å². The fraction of sp³-hybridized carbons (Fsp3) is 0.917. The average Bonchev–Trinajstić information content (AvgIpc) is 2.09. The molecule has 0 radical (unpaired) electrons. The molecule has 2 fully saturated rings. The third-order valence-corrected chi connectivity index (χ3v) is 4.66. The van der Waals surface area contributed by atoms with Crippen molar-refractivity contribution in [3.05, 3.63) is 0 Å². The molecule has 1 heteroatoms. The first-order chi connectivity index (χ1) is 6.13. The minimum Gasteiger partial charge on any atom is -0.300 e. The molecule has 2 rings (SSSR count). The molecule has 2 aliphatic carbocycles. The van der Waals surface area contributed by atoms with Gasteiger partial charge >= 0.3 is 0 Å². The van der Waals surface area contributed by atoms with E-state index in [0.29, 0.717) is 17.1 Å². The summed E-state index contributed by atoms with van der Waals surface area (Å²) in [6, 6.07) is 0. The lowest BCUT2D eigenvalue weighted by Crippen LogP contribution is -2.42. The molecule has 74 valence electrons. The molecule has 0 bridgehead atoms. The van der Waals surface area contributed by atoms with E-state index in [0.717, 1.165) is 25.2 Å². The van der Waals surface area contributed by atoms with Crippen molar-refractivity contribution in [2.24, 2.45) is 17.3 Å². The van der Waals surface area contributed by atoms with Gasteiger partial charge in [-0.3, -0.25) is 4.79 Å². The Hall–Kier alpha value is -0.330. The van der Waals surface area contributed by atoms with Crippen LogP contribution in [0.3, 0.4) is 0 Å². The molecule has 2 saturated carbocycles. The van der Waals surface area contributed by atoms with Crippen LogP contribution >= 0.6 is 0 Å². The van der Waals surface area contributed by atoms with E-state index >= 15 is 0 Å². The van der Waals surface area contributed by atoms with Gasteiger partial charge in [0.25, 0.3) is 0 Å². The fourth-order valence-corrected chi connectivity index (χ4v) is 3.30. The monoisotopic (exact) mass is 180 g/mol. The van der Waals surface area contributed by atoms with Crippen LogP contribution in [0.2, 0.25) is 0 Å². The number of carbonyl (C=O) groups excluding carboxylic acids is 1. The summed E-state index contributed by atoms with van der Waals surface area (Å²) in [6.45, 7) is 4.79. The number of hydrogen-bond donors (Lipinski definition) is 0. The lowest BCUT2D eigenvalue weighted by molar-refractivity contribution is -0.127. The second-order valence-electron chi connectivity index (χ2n) is 5.28. The first kappa shape index (κ1) is 9.23. The van der Waals surface area contributed by atoms with Gasteiger partial charge in [-0.2, -0.15) is 0 Å². The standard InChI is InChI=1S/C12H20O/c1-9-4-3-5-10-8-11(13)6-7-12(9,10)2/h9-10H,3-8H2,1-2H3/t9-,10-,12+/m0/s1. The van der Waals surface area contributed by atoms with Gasteiger partial charge in [0.15, 0.2) is 0 Å². The van der Waals surface area contributed by atoms with E-state index in [1.807, 2.05) is 0 Å². The summed E-state index contributed by atoms with van der Waals surface area (Å²) in [7, 11) is 0. The van der Waals surface area contributed by atoms with Gasteiger partial charge in [-0.1, -0.05) is 26.7 Å². The van der Waals surface area contributed by atoms with Crippen molar-refractivity contribution < 1.29 is 4.79 Å². The summed E-state index contributed by atoms with van der Waals surface area (Å²) in [4.78, 5) is 11.4. The smallest absolute Gasteiger partial charge is 0.133 e. The van der Waals surface area contributed by atoms with Gasteiger partial charge in [0.2, 0.25) is 0 Å². The Balaban J connectivity index is 2.17. The van der Waals surface area contributed by atoms with Crippen LogP contribution in [-0.4, -0.2) is 5.78 Å². The third-order valence-electron chi connectivity index (χ3n) is 4.66. The zero-order valence-electron chi connectivity index (χ0n) is 8.81. The van der Waals surface area contributed by atoms with E-state index in [1.54, 1.807) is 0 Å². The number of rotatable bonds is 0. The van der Waals surface area contributed by atoms with Crippen LogP contribution in [0.4, 0.5) is 0 Å². The topological polar surface area (TPSA) is 17.1 Å². The van der Waals surface area contributed by atoms with Crippen LogP contribution in [0.15, 0.2) is 0 Å². The normalized spacial score (nSPS) is 45.8. The molecule has 0 aromatic carbocycles. The summed E-state index contributed by atoms with van der Waals surface area (Å²) in [5.41, 5.74) is 0.492. The van der Waals surface area contributed by atoms with Crippen LogP contribution in [0.5, 0.6) is 0 Å². The van der Waals surface area contributed by atoms with Gasteiger partial charge < -0.3 is 0 Å². The largest absolute Gasteiger partial charge is 0.300 e. The van der Waals surface area contributed by atoms with Crippen molar-refractivity contribution in [3.8, 4) is 0 Å². The fourth-order valence-electron chi connectivity index (χ4n) is 3.30. The molecule has 1 nitrogen and oxygen atoms in total. The van der Waals surface area contributed by atoms with Crippen molar-refractivity contribution in [2.75, 3.05) is 0 Å². The molecule has 0 amide bonds. The van der Waals surface area contributed by atoms with Gasteiger partial charge in [0.05, 0.1) is 0 Å². The second-order valence-corrected chi connectivity index (χ2v) is 5.28. The van der Waals surface area contributed by atoms with Gasteiger partial charge in [0.1, 0.15) is 5.78 Å². The number of fused-ring (bicyclic) bond motifs is 1. The number of ketones is 1. The second kappa shape index (κ2) is 3.11. The molecular weight excluding hydrogens is 160 g/mol. The number of hydrogen-bond acceptors (Lipinski definition) is 1. The molecule has 13 heavy (non-hydrogen) atoms. The summed E-state index contributed by atoms with van der Waals surface area (Å²) in [5, 5.41) is 0. The highest BCUT2D eigenvalue weighted by atomic mass is 16.1. The van der Waals surface area contributed by atoms with Crippen LogP contribution in [0, 0.1) is 17.3 Å². The van der Waals surface area contributed by atoms with Gasteiger partial charge in [-0.15, -0.1) is 0 Å². The SMILES string of the molecule is C[C@H]1CCC[C@H]2CC(=O)CC[C@@]21C. The molecular formula is C12H20O. The molecule has 0 aromatic heterocycles. The predicted octanol–water partition coefficient (Wildman–Crippen LogP) is 3.18. The summed E-state index contributed by atoms with van der Waals surface area (Å²) in [6.07, 6.45) is 6.89. The van der Waals surface area contributed by atoms with E-state index in [2.05, 4.69) is 13.8 Å². The molecule has 0 unspecified atom stereocenters. The Labute approximate surface area is 80.9 Å². The van der Waals surface area contributed by atoms with E-state index < -0.39 is 0 Å². The van der Waals surface area contributed by atoms with E-state index in [9.17, 15) is 4.79 Å². The Morgan fingerprint density at radius 2 is 2.15 bits per heavy atom. The number of Topliss-reactive ketones (excluding diaryl/α,β-unsaturated/α-hetero) is 1. The minimum absolute atomic E-state index is 0.492. The lowest BCUT2D eigenvalue weighted by atomic mass is 9.56. The highest BCUT2D eigenvalue weighted by molar-refractivity contribution is 5.79. The zero-order valence-corrected chi connectivity index (χ0v) is 8.81. The maximum absolute atomic E-state index is 11.4. The van der Waals surface area contributed by atoms with Crippen LogP contribution in [0.1, 0.15) is 52.4 Å². The molecule has 0 aromatic rings. The Morgan fingerprint density at radius 3 is 2.92 bits per heavy atom. The van der Waals surface area contributed by atoms with Crippen LogP contribution in [0.25, 0.3) is 0 Å². The maximum atomic E-state index is 11.4. The average molecular weight is 180 g/mol. The van der Waals surface area contributed by atoms with Crippen molar-refractivity contribution in [1.29, 1.82) is 0 Å². The number of carbonyl (C=O) groups is 1. The van der Waals surface area contributed by atoms with Gasteiger partial charge in [-0.05, 0) is 30.1 Å². The van der Waals surface area contributed by atoms with Gasteiger partial charge in [-0.25, -0.2) is 0 Å². The lowest BCUT2D eigenvalue weighted by Gasteiger charge is -2.49. The Morgan fingerprint density at radius 1 is 1.38 bits per heavy atom. The first-order valence-corrected chi connectivity index (χ1v) is 5.64. The minimum atomic E-state index is 0.492. The highest BCUT2D eigenvalue weighted by Crippen LogP contribution is 2.52. The van der Waals surface area contributed by atoms with Gasteiger partial charge in [0, 0.05) is 12.8 Å². The van der Waals surface area contributed by atoms with Crippen molar-refractivity contribution in [1.82, 2.24) is 0 Å². The third kappa shape index (κ3) is 1.43. The Kier molecular flexibility index (Phi) is 2.21. The molecule has 0 aliphatic heterocycles. The van der Waals surface area contributed by atoms with E-state index in [1.165, 1.54) is 19.3 Å². The highest BCUT2D eigenvalue weighted by Gasteiger charge is 2.44. The summed E-state index contributed by atoms with van der Waals surface area (Å²) >= 11 is 0. The molecule has 0 saturated heterocycles. The maximum Gasteiger partial charge on any atom is 0.133 e. The van der Waals surface area contributed by atoms with Crippen molar-refractivity contribution in [3.63, 3.8) is 0 Å². The molecule has 0 N–H and O–H groups in total. The van der Waals surface area contributed by atoms with Crippen molar-refractivity contribution >= 4 is 5.78 Å². The molecule has 0 spiro atoms. The first-order valence-electron chi connectivity index (χ1n) is 5.64.